The van der Waals surface area contributed by atoms with Crippen LogP contribution in [0.15, 0.2) is 41.8 Å². The van der Waals surface area contributed by atoms with Gasteiger partial charge in [0.15, 0.2) is 0 Å². The van der Waals surface area contributed by atoms with Gasteiger partial charge in [0.1, 0.15) is 5.60 Å². The third-order valence-corrected chi connectivity index (χ3v) is 4.70. The summed E-state index contributed by atoms with van der Waals surface area (Å²) >= 11 is 1.57. The molecule has 0 unspecified atom stereocenters. The summed E-state index contributed by atoms with van der Waals surface area (Å²) in [5, 5.41) is 15.5. The lowest BCUT2D eigenvalue weighted by Crippen LogP contribution is -2.39. The van der Waals surface area contributed by atoms with E-state index >= 15 is 0 Å². The fraction of sp³-hybridized carbons (Fsp3) is 0.312. The summed E-state index contributed by atoms with van der Waals surface area (Å²) in [5.41, 5.74) is 1.22. The van der Waals surface area contributed by atoms with Crippen molar-refractivity contribution in [2.45, 2.75) is 24.9 Å². The predicted octanol–water partition coefficient (Wildman–Crippen LogP) is 2.24. The highest BCUT2D eigenvalue weighted by Crippen LogP contribution is 2.36. The largest absolute Gasteiger partial charge is 0.383 e. The lowest BCUT2D eigenvalue weighted by Gasteiger charge is -2.24. The quantitative estimate of drug-likeness (QED) is 0.906. The first-order chi connectivity index (χ1) is 9.67. The molecule has 0 saturated heterocycles. The second-order valence-corrected chi connectivity index (χ2v) is 6.25. The minimum Gasteiger partial charge on any atom is -0.383 e. The van der Waals surface area contributed by atoms with E-state index in [-0.39, 0.29) is 12.5 Å². The first-order valence-electron chi connectivity index (χ1n) is 6.77. The Kier molecular flexibility index (Phi) is 3.59. The van der Waals surface area contributed by atoms with Gasteiger partial charge in [-0.15, -0.1) is 11.3 Å². The molecule has 1 aromatic carbocycles. The Morgan fingerprint density at radius 1 is 1.30 bits per heavy atom. The van der Waals surface area contributed by atoms with Crippen molar-refractivity contribution in [1.82, 2.24) is 5.32 Å². The highest BCUT2D eigenvalue weighted by molar-refractivity contribution is 7.10. The first-order valence-corrected chi connectivity index (χ1v) is 7.65. The zero-order chi connectivity index (χ0) is 14.0. The van der Waals surface area contributed by atoms with Gasteiger partial charge in [0.05, 0.1) is 13.0 Å². The minimum atomic E-state index is -0.915. The molecule has 4 heteroatoms. The fourth-order valence-corrected chi connectivity index (χ4v) is 3.43. The normalized spacial score (nSPS) is 20.6. The van der Waals surface area contributed by atoms with Gasteiger partial charge in [0, 0.05) is 4.88 Å². The van der Waals surface area contributed by atoms with Gasteiger partial charge in [0.2, 0.25) is 5.91 Å². The molecule has 1 heterocycles. The summed E-state index contributed by atoms with van der Waals surface area (Å²) < 4.78 is 0. The third kappa shape index (κ3) is 2.62. The van der Waals surface area contributed by atoms with Crippen molar-refractivity contribution in [2.24, 2.45) is 0 Å². The molecule has 2 N–H and O–H groups in total. The van der Waals surface area contributed by atoms with Crippen LogP contribution in [0.3, 0.4) is 0 Å². The van der Waals surface area contributed by atoms with Crippen molar-refractivity contribution in [3.63, 3.8) is 0 Å². The van der Waals surface area contributed by atoms with Crippen molar-refractivity contribution in [1.29, 1.82) is 0 Å². The highest BCUT2D eigenvalue weighted by atomic mass is 32.1. The van der Waals surface area contributed by atoms with Gasteiger partial charge >= 0.3 is 0 Å². The van der Waals surface area contributed by atoms with E-state index in [1.165, 1.54) is 5.56 Å². The Morgan fingerprint density at radius 3 is 2.95 bits per heavy atom. The number of hydrogen-bond donors (Lipinski definition) is 2. The molecular weight excluding hydrogens is 270 g/mol. The van der Waals surface area contributed by atoms with E-state index in [1.54, 1.807) is 11.3 Å². The minimum absolute atomic E-state index is 0.0368. The molecule has 0 bridgehead atoms. The number of hydrogen-bond acceptors (Lipinski definition) is 3. The molecule has 20 heavy (non-hydrogen) atoms. The smallest absolute Gasteiger partial charge is 0.225 e. The molecule has 0 spiro atoms. The zero-order valence-electron chi connectivity index (χ0n) is 11.1. The standard InChI is InChI=1S/C16H17NO2S/c18-15(10-13-5-3-9-20-13)17-11-16(19)8-7-12-4-1-2-6-14(12)16/h1-6,9,19H,7-8,10-11H2,(H,17,18)/t16-/m1/s1. The van der Waals surface area contributed by atoms with Crippen LogP contribution >= 0.6 is 11.3 Å². The Balaban J connectivity index is 1.62. The summed E-state index contributed by atoms with van der Waals surface area (Å²) in [5.74, 6) is -0.0368. The van der Waals surface area contributed by atoms with Crippen molar-refractivity contribution < 1.29 is 9.90 Å². The van der Waals surface area contributed by atoms with E-state index in [2.05, 4.69) is 5.32 Å². The molecule has 0 saturated carbocycles. The van der Waals surface area contributed by atoms with Crippen LogP contribution in [0.2, 0.25) is 0 Å². The second kappa shape index (κ2) is 5.38. The van der Waals surface area contributed by atoms with Crippen LogP contribution in [0.25, 0.3) is 0 Å². The van der Waals surface area contributed by atoms with Crippen LogP contribution in [0.4, 0.5) is 0 Å². The number of amides is 1. The maximum absolute atomic E-state index is 11.9. The molecule has 1 aliphatic rings. The lowest BCUT2D eigenvalue weighted by atomic mass is 9.96. The average molecular weight is 287 g/mol. The molecule has 2 aromatic rings. The van der Waals surface area contributed by atoms with Gasteiger partial charge in [-0.1, -0.05) is 30.3 Å². The molecule has 0 aliphatic heterocycles. The lowest BCUT2D eigenvalue weighted by molar-refractivity contribution is -0.121. The number of carbonyl (C=O) groups is 1. The van der Waals surface area contributed by atoms with E-state index in [0.29, 0.717) is 12.8 Å². The van der Waals surface area contributed by atoms with Crippen LogP contribution in [-0.4, -0.2) is 17.6 Å². The van der Waals surface area contributed by atoms with Crippen LogP contribution < -0.4 is 5.32 Å². The molecule has 3 nitrogen and oxygen atoms in total. The van der Waals surface area contributed by atoms with Crippen LogP contribution in [-0.2, 0) is 23.2 Å². The van der Waals surface area contributed by atoms with Crippen molar-refractivity contribution in [2.75, 3.05) is 6.54 Å². The SMILES string of the molecule is O=C(Cc1cccs1)NC[C@]1(O)CCc2ccccc21. The van der Waals surface area contributed by atoms with E-state index in [4.69, 9.17) is 0 Å². The number of nitrogens with one attached hydrogen (secondary N) is 1. The van der Waals surface area contributed by atoms with Crippen LogP contribution in [0, 0.1) is 0 Å². The van der Waals surface area contributed by atoms with Gasteiger partial charge in [-0.05, 0) is 35.4 Å². The Bertz CT molecular complexity index is 609. The summed E-state index contributed by atoms with van der Waals surface area (Å²) in [7, 11) is 0. The number of aryl methyl sites for hydroxylation is 1. The highest BCUT2D eigenvalue weighted by Gasteiger charge is 2.36. The van der Waals surface area contributed by atoms with E-state index in [0.717, 1.165) is 16.9 Å². The van der Waals surface area contributed by atoms with Crippen molar-refractivity contribution in [3.8, 4) is 0 Å². The van der Waals surface area contributed by atoms with E-state index < -0.39 is 5.60 Å². The predicted molar refractivity (Wildman–Crippen MR) is 79.7 cm³/mol. The number of rotatable bonds is 4. The molecule has 104 valence electrons. The molecule has 0 radical (unpaired) electrons. The summed E-state index contributed by atoms with van der Waals surface area (Å²) in [6.45, 7) is 0.286. The van der Waals surface area contributed by atoms with Crippen molar-refractivity contribution in [3.05, 3.63) is 57.8 Å². The maximum Gasteiger partial charge on any atom is 0.225 e. The summed E-state index contributed by atoms with van der Waals surface area (Å²) in [6, 6.07) is 11.8. The summed E-state index contributed by atoms with van der Waals surface area (Å²) in [6.07, 6.45) is 1.93. The first kappa shape index (κ1) is 13.3. The van der Waals surface area contributed by atoms with Gasteiger partial charge < -0.3 is 10.4 Å². The molecular formula is C16H17NO2S. The number of aliphatic hydroxyl groups is 1. The topological polar surface area (TPSA) is 49.3 Å². The third-order valence-electron chi connectivity index (χ3n) is 3.82. The molecule has 1 aliphatic carbocycles. The number of thiophene rings is 1. The zero-order valence-corrected chi connectivity index (χ0v) is 12.0. The Labute approximate surface area is 122 Å². The Hall–Kier alpha value is -1.65. The molecule has 3 rings (SSSR count). The monoisotopic (exact) mass is 287 g/mol. The fourth-order valence-electron chi connectivity index (χ4n) is 2.73. The van der Waals surface area contributed by atoms with Crippen LogP contribution in [0.1, 0.15) is 22.4 Å². The molecule has 1 atom stereocenters. The average Bonchev–Trinajstić information content (AvgIpc) is 3.07. The van der Waals surface area contributed by atoms with E-state index in [1.807, 2.05) is 41.8 Å². The van der Waals surface area contributed by atoms with Crippen LogP contribution in [0.5, 0.6) is 0 Å². The van der Waals surface area contributed by atoms with Gasteiger partial charge in [-0.2, -0.15) is 0 Å². The maximum atomic E-state index is 11.9. The molecule has 1 amide bonds. The van der Waals surface area contributed by atoms with Gasteiger partial charge in [-0.25, -0.2) is 0 Å². The number of carbonyl (C=O) groups excluding carboxylic acids is 1. The molecule has 1 aromatic heterocycles. The number of benzene rings is 1. The van der Waals surface area contributed by atoms with Gasteiger partial charge in [0.25, 0.3) is 0 Å². The summed E-state index contributed by atoms with van der Waals surface area (Å²) in [4.78, 5) is 12.9. The Morgan fingerprint density at radius 2 is 2.15 bits per heavy atom. The molecule has 0 fully saturated rings. The van der Waals surface area contributed by atoms with Crippen molar-refractivity contribution >= 4 is 17.2 Å². The number of fused-ring (bicyclic) bond motifs is 1. The second-order valence-electron chi connectivity index (χ2n) is 5.22. The van der Waals surface area contributed by atoms with E-state index in [9.17, 15) is 9.90 Å². The van der Waals surface area contributed by atoms with Gasteiger partial charge in [-0.3, -0.25) is 4.79 Å².